The highest BCUT2D eigenvalue weighted by atomic mass is 28.2. The highest BCUT2D eigenvalue weighted by Crippen LogP contribution is 1.89. The van der Waals surface area contributed by atoms with Crippen LogP contribution in [0.15, 0.2) is 23.6 Å². The fourth-order valence-corrected chi connectivity index (χ4v) is 1.47. The first-order valence-corrected chi connectivity index (χ1v) is 3.93. The van der Waals surface area contributed by atoms with E-state index < -0.39 is 0 Å². The van der Waals surface area contributed by atoms with E-state index in [-0.39, 0.29) is 9.52 Å². The van der Waals surface area contributed by atoms with Gasteiger partial charge in [0.1, 0.15) is 0 Å². The van der Waals surface area contributed by atoms with Crippen molar-refractivity contribution < 1.29 is 0 Å². The van der Waals surface area contributed by atoms with Crippen molar-refractivity contribution in [3.8, 4) is 0 Å². The minimum absolute atomic E-state index is 0.147. The predicted molar refractivity (Wildman–Crippen MR) is 31.4 cm³/mol. The fraction of sp³-hybridized carbons (Fsp3) is 0.200. The fourth-order valence-electron chi connectivity index (χ4n) is 0.542. The summed E-state index contributed by atoms with van der Waals surface area (Å²) in [5, 5.41) is 0. The van der Waals surface area contributed by atoms with Gasteiger partial charge in [0, 0.05) is 0 Å². The Hall–Kier alpha value is -0.303. The van der Waals surface area contributed by atoms with E-state index in [0.29, 0.717) is 0 Å². The number of allylic oxidation sites excluding steroid dienone is 2. The van der Waals surface area contributed by atoms with Gasteiger partial charge in [-0.25, -0.2) is 0 Å². The first-order valence-electron chi connectivity index (χ1n) is 2.30. The summed E-state index contributed by atoms with van der Waals surface area (Å²) in [7, 11) is 0.147. The van der Waals surface area contributed by atoms with E-state index in [4.69, 9.17) is 0 Å². The van der Waals surface area contributed by atoms with Crippen LogP contribution in [0.5, 0.6) is 0 Å². The van der Waals surface area contributed by atoms with Crippen LogP contribution in [0.2, 0.25) is 0 Å². The van der Waals surface area contributed by atoms with Gasteiger partial charge in [-0.05, 0) is 6.42 Å². The van der Waals surface area contributed by atoms with Crippen molar-refractivity contribution in [2.75, 3.05) is 0 Å². The summed E-state index contributed by atoms with van der Waals surface area (Å²) in [5.74, 6) is 0. The normalized spacial score (nSPS) is 18.7. The highest BCUT2D eigenvalue weighted by Gasteiger charge is 1.77. The maximum absolute atomic E-state index is 2.32. The van der Waals surface area contributed by atoms with Crippen molar-refractivity contribution in [3.05, 3.63) is 23.6 Å². The van der Waals surface area contributed by atoms with Gasteiger partial charge in [0.05, 0.1) is 9.52 Å². The molecular formula is C5H8Si. The average Bonchev–Trinajstić information content (AvgIpc) is 1.72. The van der Waals surface area contributed by atoms with Gasteiger partial charge in [-0.2, -0.15) is 0 Å². The Morgan fingerprint density at radius 2 is 1.83 bits per heavy atom. The third kappa shape index (κ3) is 0.828. The Morgan fingerprint density at radius 3 is 2.00 bits per heavy atom. The van der Waals surface area contributed by atoms with E-state index >= 15 is 0 Å². The molecule has 0 N–H and O–H groups in total. The minimum Gasteiger partial charge on any atom is -0.101 e. The summed E-state index contributed by atoms with van der Waals surface area (Å²) in [6, 6.07) is 0. The molecular weight excluding hydrogens is 88.1 g/mol. The van der Waals surface area contributed by atoms with Crippen LogP contribution in [0.4, 0.5) is 0 Å². The third-order valence-electron chi connectivity index (χ3n) is 0.878. The van der Waals surface area contributed by atoms with E-state index in [0.717, 1.165) is 0 Å². The lowest BCUT2D eigenvalue weighted by Gasteiger charge is -1.86. The molecule has 1 aliphatic rings. The van der Waals surface area contributed by atoms with E-state index in [1.807, 2.05) is 0 Å². The van der Waals surface area contributed by atoms with Gasteiger partial charge in [0.25, 0.3) is 0 Å². The maximum Gasteiger partial charge on any atom is 0.0683 e. The van der Waals surface area contributed by atoms with Gasteiger partial charge in [-0.1, -0.05) is 12.2 Å². The van der Waals surface area contributed by atoms with Crippen molar-refractivity contribution in [2.24, 2.45) is 0 Å². The molecule has 1 heteroatoms. The van der Waals surface area contributed by atoms with E-state index in [9.17, 15) is 0 Å². The molecule has 0 spiro atoms. The molecule has 0 aromatic heterocycles. The van der Waals surface area contributed by atoms with Crippen molar-refractivity contribution in [1.29, 1.82) is 0 Å². The average molecular weight is 96.2 g/mol. The topological polar surface area (TPSA) is 0 Å². The van der Waals surface area contributed by atoms with Crippen LogP contribution in [-0.4, -0.2) is 9.52 Å². The summed E-state index contributed by atoms with van der Waals surface area (Å²) in [5.41, 5.74) is 4.64. The van der Waals surface area contributed by atoms with Gasteiger partial charge >= 0.3 is 0 Å². The molecule has 0 unspecified atom stereocenters. The molecule has 0 nitrogen and oxygen atoms in total. The summed E-state index contributed by atoms with van der Waals surface area (Å²) in [6.07, 6.45) is 5.66. The highest BCUT2D eigenvalue weighted by molar-refractivity contribution is 6.48. The molecule has 0 radical (unpaired) electrons. The molecule has 0 amide bonds. The van der Waals surface area contributed by atoms with Gasteiger partial charge < -0.3 is 0 Å². The van der Waals surface area contributed by atoms with Crippen LogP contribution in [0.25, 0.3) is 0 Å². The van der Waals surface area contributed by atoms with Gasteiger partial charge in [-0.15, -0.1) is 11.4 Å². The Morgan fingerprint density at radius 1 is 1.17 bits per heavy atom. The molecule has 0 fully saturated rings. The Kier molecular flexibility index (Phi) is 1.28. The minimum atomic E-state index is 0.147. The van der Waals surface area contributed by atoms with E-state index in [1.165, 1.54) is 6.42 Å². The molecule has 0 bridgehead atoms. The smallest absolute Gasteiger partial charge is 0.0683 e. The zero-order chi connectivity index (χ0) is 4.24. The SMILES string of the molecule is C1=C[SiH2]C=CC1. The Balaban J connectivity index is 2.40. The molecule has 0 atom stereocenters. The molecule has 0 aliphatic carbocycles. The van der Waals surface area contributed by atoms with Gasteiger partial charge in [0.2, 0.25) is 0 Å². The quantitative estimate of drug-likeness (QED) is 0.387. The zero-order valence-electron chi connectivity index (χ0n) is 3.72. The molecule has 1 rings (SSSR count). The lowest BCUT2D eigenvalue weighted by molar-refractivity contribution is 1.40. The van der Waals surface area contributed by atoms with Crippen molar-refractivity contribution >= 4 is 9.52 Å². The Bertz CT molecular complexity index is 61.9. The third-order valence-corrected chi connectivity index (χ3v) is 2.09. The van der Waals surface area contributed by atoms with Crippen LogP contribution in [0.3, 0.4) is 0 Å². The molecule has 1 heterocycles. The molecule has 0 aromatic rings. The zero-order valence-corrected chi connectivity index (χ0v) is 5.14. The Labute approximate surface area is 40.4 Å². The molecule has 6 heavy (non-hydrogen) atoms. The summed E-state index contributed by atoms with van der Waals surface area (Å²) in [4.78, 5) is 0. The van der Waals surface area contributed by atoms with Crippen molar-refractivity contribution in [3.63, 3.8) is 0 Å². The van der Waals surface area contributed by atoms with Crippen molar-refractivity contribution in [1.82, 2.24) is 0 Å². The van der Waals surface area contributed by atoms with Crippen LogP contribution in [-0.2, 0) is 0 Å². The summed E-state index contributed by atoms with van der Waals surface area (Å²) < 4.78 is 0. The lowest BCUT2D eigenvalue weighted by Crippen LogP contribution is -1.80. The monoisotopic (exact) mass is 96.0 g/mol. The lowest BCUT2D eigenvalue weighted by atomic mass is 10.4. The largest absolute Gasteiger partial charge is 0.101 e. The molecule has 0 saturated carbocycles. The summed E-state index contributed by atoms with van der Waals surface area (Å²) >= 11 is 0. The summed E-state index contributed by atoms with van der Waals surface area (Å²) in [6.45, 7) is 0. The second-order valence-electron chi connectivity index (χ2n) is 1.41. The molecule has 0 saturated heterocycles. The van der Waals surface area contributed by atoms with E-state index in [1.54, 1.807) is 0 Å². The van der Waals surface area contributed by atoms with Gasteiger partial charge in [0.15, 0.2) is 0 Å². The standard InChI is InChI=1S/C5H8Si/c1-2-4-6-5-3-1/h2-5H,1,6H2. The van der Waals surface area contributed by atoms with Crippen molar-refractivity contribution in [2.45, 2.75) is 6.42 Å². The number of hydrogen-bond acceptors (Lipinski definition) is 0. The molecule has 32 valence electrons. The van der Waals surface area contributed by atoms with Gasteiger partial charge in [-0.3, -0.25) is 0 Å². The first-order chi connectivity index (χ1) is 3.00. The second-order valence-corrected chi connectivity index (χ2v) is 2.83. The van der Waals surface area contributed by atoms with Crippen LogP contribution in [0, 0.1) is 0 Å². The first kappa shape index (κ1) is 3.87. The number of rotatable bonds is 0. The van der Waals surface area contributed by atoms with Crippen LogP contribution >= 0.6 is 0 Å². The second kappa shape index (κ2) is 1.98. The molecule has 1 aliphatic heterocycles. The van der Waals surface area contributed by atoms with Crippen LogP contribution in [0.1, 0.15) is 6.42 Å². The van der Waals surface area contributed by atoms with Crippen LogP contribution < -0.4 is 0 Å². The van der Waals surface area contributed by atoms with E-state index in [2.05, 4.69) is 23.6 Å². The molecule has 0 aromatic carbocycles. The maximum atomic E-state index is 2.32. The number of hydrogen-bond donors (Lipinski definition) is 0. The predicted octanol–water partition coefficient (Wildman–Crippen LogP) is 0.586.